The third kappa shape index (κ3) is 2.05. The van der Waals surface area contributed by atoms with Crippen LogP contribution < -0.4 is 0 Å². The van der Waals surface area contributed by atoms with Crippen molar-refractivity contribution in [1.82, 2.24) is 0 Å². The summed E-state index contributed by atoms with van der Waals surface area (Å²) in [6, 6.07) is 0. The van der Waals surface area contributed by atoms with Crippen LogP contribution in [0, 0.1) is 21.7 Å². The molecule has 2 aliphatic carbocycles. The van der Waals surface area contributed by atoms with Crippen molar-refractivity contribution in [3.63, 3.8) is 0 Å². The van der Waals surface area contributed by atoms with E-state index in [9.17, 15) is 14.0 Å². The maximum atomic E-state index is 14.0. The Morgan fingerprint density at radius 1 is 1.29 bits per heavy atom. The molecule has 2 saturated carbocycles. The second-order valence-electron chi connectivity index (χ2n) is 8.57. The van der Waals surface area contributed by atoms with Gasteiger partial charge in [-0.3, -0.25) is 9.59 Å². The van der Waals surface area contributed by atoms with Crippen LogP contribution in [0.15, 0.2) is 0 Å². The van der Waals surface area contributed by atoms with E-state index in [0.29, 0.717) is 12.8 Å². The van der Waals surface area contributed by atoms with Crippen molar-refractivity contribution in [2.24, 2.45) is 21.7 Å². The van der Waals surface area contributed by atoms with Gasteiger partial charge in [-0.25, -0.2) is 4.39 Å². The molecule has 0 radical (unpaired) electrons. The molecule has 0 amide bonds. The number of ketones is 1. The van der Waals surface area contributed by atoms with Gasteiger partial charge in [-0.1, -0.05) is 41.5 Å². The van der Waals surface area contributed by atoms with Crippen LogP contribution >= 0.6 is 0 Å². The summed E-state index contributed by atoms with van der Waals surface area (Å²) in [5.74, 6) is -0.253. The Kier molecular flexibility index (Phi) is 3.55. The zero-order valence-electron chi connectivity index (χ0n) is 14.0. The van der Waals surface area contributed by atoms with Gasteiger partial charge < -0.3 is 4.74 Å². The number of halogens is 1. The molecular formula is C17H27FO3. The minimum Gasteiger partial charge on any atom is -0.462 e. The topological polar surface area (TPSA) is 43.4 Å². The number of fused-ring (bicyclic) bond motifs is 2. The molecule has 4 heteroatoms. The Morgan fingerprint density at radius 2 is 1.86 bits per heavy atom. The van der Waals surface area contributed by atoms with E-state index in [0.717, 1.165) is 0 Å². The largest absolute Gasteiger partial charge is 0.462 e. The van der Waals surface area contributed by atoms with Crippen molar-refractivity contribution in [3.05, 3.63) is 0 Å². The molecule has 21 heavy (non-hydrogen) atoms. The molecule has 0 aliphatic heterocycles. The van der Waals surface area contributed by atoms with Crippen molar-refractivity contribution in [1.29, 1.82) is 0 Å². The third-order valence-electron chi connectivity index (χ3n) is 6.40. The van der Waals surface area contributed by atoms with Gasteiger partial charge in [-0.05, 0) is 23.7 Å². The predicted molar refractivity (Wildman–Crippen MR) is 78.5 cm³/mol. The molecular weight excluding hydrogens is 271 g/mol. The number of alkyl halides is 1. The summed E-state index contributed by atoms with van der Waals surface area (Å²) in [6.45, 7) is 11.0. The molecule has 0 aromatic carbocycles. The number of hydrogen-bond acceptors (Lipinski definition) is 3. The van der Waals surface area contributed by atoms with Crippen molar-refractivity contribution in [2.75, 3.05) is 6.61 Å². The van der Waals surface area contributed by atoms with E-state index in [1.807, 2.05) is 20.8 Å². The van der Waals surface area contributed by atoms with Gasteiger partial charge in [-0.2, -0.15) is 0 Å². The molecule has 120 valence electrons. The van der Waals surface area contributed by atoms with E-state index in [4.69, 9.17) is 4.74 Å². The maximum absolute atomic E-state index is 14.0. The SMILES string of the molecule is CC(C)(C)C(F)COC(=O)C12CCC(C)(C(=O)C1)C2(C)C. The number of Topliss-reactive ketones (excluding diaryl/α,β-unsaturated/α-hetero) is 1. The smallest absolute Gasteiger partial charge is 0.313 e. The summed E-state index contributed by atoms with van der Waals surface area (Å²) < 4.78 is 19.3. The Balaban J connectivity index is 2.15. The Hall–Kier alpha value is -0.930. The second-order valence-corrected chi connectivity index (χ2v) is 8.57. The van der Waals surface area contributed by atoms with Crippen LogP contribution in [0.2, 0.25) is 0 Å². The molecule has 3 nitrogen and oxygen atoms in total. The first-order chi connectivity index (χ1) is 9.38. The van der Waals surface area contributed by atoms with Crippen LogP contribution in [0.3, 0.4) is 0 Å². The Morgan fingerprint density at radius 3 is 2.24 bits per heavy atom. The maximum Gasteiger partial charge on any atom is 0.313 e. The third-order valence-corrected chi connectivity index (χ3v) is 6.40. The van der Waals surface area contributed by atoms with E-state index >= 15 is 0 Å². The molecule has 0 heterocycles. The van der Waals surface area contributed by atoms with Crippen molar-refractivity contribution >= 4 is 11.8 Å². The number of carbonyl (C=O) groups excluding carboxylic acids is 2. The van der Waals surface area contributed by atoms with Gasteiger partial charge in [0, 0.05) is 11.8 Å². The molecule has 3 atom stereocenters. The number of hydrogen-bond donors (Lipinski definition) is 0. The molecule has 0 N–H and O–H groups in total. The summed E-state index contributed by atoms with van der Waals surface area (Å²) in [4.78, 5) is 24.9. The van der Waals surface area contributed by atoms with Gasteiger partial charge in [0.05, 0.1) is 5.41 Å². The fourth-order valence-electron chi connectivity index (χ4n) is 3.85. The molecule has 2 fully saturated rings. The highest BCUT2D eigenvalue weighted by atomic mass is 19.1. The fraction of sp³-hybridized carbons (Fsp3) is 0.882. The number of ether oxygens (including phenoxy) is 1. The predicted octanol–water partition coefficient (Wildman–Crippen LogP) is 3.70. The lowest BCUT2D eigenvalue weighted by molar-refractivity contribution is -0.164. The first kappa shape index (κ1) is 16.4. The standard InChI is InChI=1S/C17H27FO3/c1-14(2,3)11(18)10-21-13(20)17-8-7-16(6,12(19)9-17)15(17,4)5/h11H,7-10H2,1-6H3. The van der Waals surface area contributed by atoms with Crippen LogP contribution in [-0.4, -0.2) is 24.5 Å². The Labute approximate surface area is 126 Å². The summed E-state index contributed by atoms with van der Waals surface area (Å²) >= 11 is 0. The summed E-state index contributed by atoms with van der Waals surface area (Å²) in [5, 5.41) is 0. The number of carbonyl (C=O) groups is 2. The van der Waals surface area contributed by atoms with Crippen LogP contribution in [0.5, 0.6) is 0 Å². The van der Waals surface area contributed by atoms with Gasteiger partial charge in [0.2, 0.25) is 0 Å². The van der Waals surface area contributed by atoms with Crippen LogP contribution in [0.25, 0.3) is 0 Å². The highest BCUT2D eigenvalue weighted by molar-refractivity contribution is 5.98. The number of rotatable bonds is 3. The molecule has 0 aromatic heterocycles. The van der Waals surface area contributed by atoms with Crippen LogP contribution in [0.4, 0.5) is 4.39 Å². The molecule has 2 aliphatic rings. The lowest BCUT2D eigenvalue weighted by atomic mass is 9.65. The first-order valence-corrected chi connectivity index (χ1v) is 7.73. The lowest BCUT2D eigenvalue weighted by Crippen LogP contribution is -2.42. The average Bonchev–Trinajstić information content (AvgIpc) is 2.64. The van der Waals surface area contributed by atoms with Crippen molar-refractivity contribution in [2.45, 2.75) is 67.0 Å². The van der Waals surface area contributed by atoms with Crippen molar-refractivity contribution in [3.8, 4) is 0 Å². The molecule has 0 spiro atoms. The normalized spacial score (nSPS) is 35.9. The van der Waals surface area contributed by atoms with Gasteiger partial charge in [0.1, 0.15) is 18.6 Å². The quantitative estimate of drug-likeness (QED) is 0.746. The first-order valence-electron chi connectivity index (χ1n) is 7.73. The van der Waals surface area contributed by atoms with Crippen molar-refractivity contribution < 1.29 is 18.7 Å². The van der Waals surface area contributed by atoms with E-state index in [1.165, 1.54) is 0 Å². The van der Waals surface area contributed by atoms with Gasteiger partial charge in [-0.15, -0.1) is 0 Å². The monoisotopic (exact) mass is 298 g/mol. The van der Waals surface area contributed by atoms with E-state index in [1.54, 1.807) is 20.8 Å². The summed E-state index contributed by atoms with van der Waals surface area (Å²) in [7, 11) is 0. The highest BCUT2D eigenvalue weighted by Gasteiger charge is 2.73. The van der Waals surface area contributed by atoms with E-state index < -0.39 is 33.8 Å². The minimum absolute atomic E-state index is 0.142. The molecule has 0 saturated heterocycles. The fourth-order valence-corrected chi connectivity index (χ4v) is 3.85. The van der Waals surface area contributed by atoms with Gasteiger partial charge >= 0.3 is 5.97 Å². The van der Waals surface area contributed by atoms with Crippen LogP contribution in [0.1, 0.15) is 60.8 Å². The summed E-state index contributed by atoms with van der Waals surface area (Å²) in [6.07, 6.45) is 0.410. The zero-order chi connectivity index (χ0) is 16.3. The summed E-state index contributed by atoms with van der Waals surface area (Å²) in [5.41, 5.74) is -2.20. The molecule has 3 unspecified atom stereocenters. The Bertz CT molecular complexity index is 477. The van der Waals surface area contributed by atoms with E-state index in [-0.39, 0.29) is 18.8 Å². The molecule has 0 aromatic rings. The molecule has 2 bridgehead atoms. The molecule has 2 rings (SSSR count). The van der Waals surface area contributed by atoms with Crippen LogP contribution in [-0.2, 0) is 14.3 Å². The lowest BCUT2D eigenvalue weighted by Gasteiger charge is -2.38. The van der Waals surface area contributed by atoms with E-state index in [2.05, 4.69) is 0 Å². The minimum atomic E-state index is -1.20. The van der Waals surface area contributed by atoms with Gasteiger partial charge in [0.25, 0.3) is 0 Å². The number of esters is 1. The zero-order valence-corrected chi connectivity index (χ0v) is 14.0. The highest BCUT2D eigenvalue weighted by Crippen LogP contribution is 2.70. The second kappa shape index (κ2) is 4.53. The van der Waals surface area contributed by atoms with Gasteiger partial charge in [0.15, 0.2) is 0 Å². The average molecular weight is 298 g/mol.